The third-order valence-electron chi connectivity index (χ3n) is 4.11. The molecule has 0 aliphatic carbocycles. The van der Waals surface area contributed by atoms with E-state index in [1.165, 1.54) is 13.3 Å². The first-order valence-electron chi connectivity index (χ1n) is 8.21. The van der Waals surface area contributed by atoms with Crippen LogP contribution in [0.3, 0.4) is 0 Å². The van der Waals surface area contributed by atoms with Crippen LogP contribution in [0, 0.1) is 6.92 Å². The average molecular weight is 365 g/mol. The number of esters is 1. The summed E-state index contributed by atoms with van der Waals surface area (Å²) in [6.07, 6.45) is 4.75. The van der Waals surface area contributed by atoms with Gasteiger partial charge in [-0.3, -0.25) is 9.78 Å². The van der Waals surface area contributed by atoms with Crippen molar-refractivity contribution in [1.82, 2.24) is 20.1 Å². The summed E-state index contributed by atoms with van der Waals surface area (Å²) in [7, 11) is 2.92. The number of nitrogens with zero attached hydrogens (tertiary/aromatic N) is 3. The second-order valence-electron chi connectivity index (χ2n) is 5.72. The molecule has 0 saturated carbocycles. The molecule has 0 fully saturated rings. The van der Waals surface area contributed by atoms with Gasteiger partial charge in [-0.1, -0.05) is 0 Å². The lowest BCUT2D eigenvalue weighted by molar-refractivity contribution is 0.0601. The topological polar surface area (TPSA) is 98.1 Å². The molecule has 3 aromatic rings. The van der Waals surface area contributed by atoms with Gasteiger partial charge in [-0.05, 0) is 37.3 Å². The van der Waals surface area contributed by atoms with Gasteiger partial charge in [-0.15, -0.1) is 0 Å². The number of aromatic nitrogens is 3. The number of hydrogen-bond acceptors (Lipinski definition) is 6. The highest BCUT2D eigenvalue weighted by Gasteiger charge is 2.15. The van der Waals surface area contributed by atoms with Gasteiger partial charge >= 0.3 is 5.97 Å². The fourth-order valence-electron chi connectivity index (χ4n) is 2.62. The maximum absolute atomic E-state index is 11.9. The molecule has 2 N–H and O–H groups in total. The summed E-state index contributed by atoms with van der Waals surface area (Å²) in [6, 6.07) is 8.69. The summed E-state index contributed by atoms with van der Waals surface area (Å²) in [6.45, 7) is 1.90. The molecule has 0 radical (unpaired) electrons. The maximum atomic E-state index is 11.9. The van der Waals surface area contributed by atoms with E-state index in [9.17, 15) is 9.59 Å². The van der Waals surface area contributed by atoms with Crippen LogP contribution in [0.5, 0.6) is 0 Å². The number of anilines is 2. The van der Waals surface area contributed by atoms with Crippen LogP contribution < -0.4 is 10.6 Å². The Labute approximate surface area is 156 Å². The Morgan fingerprint density at radius 2 is 1.81 bits per heavy atom. The fraction of sp³-hybridized carbons (Fsp3) is 0.158. The van der Waals surface area contributed by atoms with E-state index in [1.807, 2.05) is 19.1 Å². The van der Waals surface area contributed by atoms with E-state index >= 15 is 0 Å². The van der Waals surface area contributed by atoms with Crippen LogP contribution in [0.25, 0.3) is 5.69 Å². The second-order valence-corrected chi connectivity index (χ2v) is 5.72. The van der Waals surface area contributed by atoms with E-state index in [1.54, 1.807) is 42.3 Å². The van der Waals surface area contributed by atoms with Crippen molar-refractivity contribution in [3.63, 3.8) is 0 Å². The Morgan fingerprint density at radius 1 is 1.07 bits per heavy atom. The van der Waals surface area contributed by atoms with Crippen molar-refractivity contribution in [1.29, 1.82) is 0 Å². The largest absolute Gasteiger partial charge is 0.465 e. The zero-order valence-corrected chi connectivity index (χ0v) is 15.2. The van der Waals surface area contributed by atoms with Crippen molar-refractivity contribution in [3.05, 3.63) is 65.7 Å². The number of hydrogen-bond donors (Lipinski definition) is 2. The molecule has 1 amide bonds. The van der Waals surface area contributed by atoms with Crippen molar-refractivity contribution >= 4 is 23.3 Å². The molecule has 1 aromatic carbocycles. The molecule has 0 unspecified atom stereocenters. The number of carbonyl (C=O) groups is 2. The number of ether oxygens (including phenoxy) is 1. The first-order valence-corrected chi connectivity index (χ1v) is 8.21. The number of amides is 1. The van der Waals surface area contributed by atoms with Gasteiger partial charge < -0.3 is 15.4 Å². The predicted octanol–water partition coefficient (Wildman–Crippen LogP) is 2.47. The van der Waals surface area contributed by atoms with Crippen LogP contribution in [0.1, 0.15) is 26.4 Å². The lowest BCUT2D eigenvalue weighted by Gasteiger charge is -2.10. The van der Waals surface area contributed by atoms with Crippen molar-refractivity contribution in [2.45, 2.75) is 6.92 Å². The average Bonchev–Trinajstić information content (AvgIpc) is 3.07. The number of rotatable bonds is 5. The third kappa shape index (κ3) is 3.64. The van der Waals surface area contributed by atoms with E-state index in [-0.39, 0.29) is 5.91 Å². The Kier molecular flexibility index (Phi) is 5.16. The molecule has 2 aromatic heterocycles. The molecular weight excluding hydrogens is 346 g/mol. The molecule has 8 nitrogen and oxygen atoms in total. The molecular formula is C19H19N5O3. The molecule has 0 saturated heterocycles. The summed E-state index contributed by atoms with van der Waals surface area (Å²) in [4.78, 5) is 27.6. The standard InChI is InChI=1S/C19H19N5O3/c1-12-16(23-17-10-21-9-8-15(17)19(26)27-3)11-22-24(12)14-6-4-13(5-7-14)18(25)20-2/h4-11,23H,1-3H3,(H,20,25). The zero-order valence-electron chi connectivity index (χ0n) is 15.2. The molecule has 138 valence electrons. The highest BCUT2D eigenvalue weighted by Crippen LogP contribution is 2.25. The van der Waals surface area contributed by atoms with Crippen molar-refractivity contribution in [2.24, 2.45) is 0 Å². The van der Waals surface area contributed by atoms with Crippen LogP contribution in [0.2, 0.25) is 0 Å². The number of carbonyl (C=O) groups excluding carboxylic acids is 2. The van der Waals surface area contributed by atoms with Gasteiger partial charge in [-0.25, -0.2) is 9.48 Å². The van der Waals surface area contributed by atoms with E-state index < -0.39 is 5.97 Å². The van der Waals surface area contributed by atoms with Crippen molar-refractivity contribution in [3.8, 4) is 5.69 Å². The predicted molar refractivity (Wildman–Crippen MR) is 101 cm³/mol. The minimum absolute atomic E-state index is 0.145. The summed E-state index contributed by atoms with van der Waals surface area (Å²) in [5, 5.41) is 10.2. The number of benzene rings is 1. The fourth-order valence-corrected chi connectivity index (χ4v) is 2.62. The minimum Gasteiger partial charge on any atom is -0.465 e. The van der Waals surface area contributed by atoms with Gasteiger partial charge in [-0.2, -0.15) is 5.10 Å². The first kappa shape index (κ1) is 18.1. The zero-order chi connectivity index (χ0) is 19.4. The van der Waals surface area contributed by atoms with E-state index in [0.29, 0.717) is 16.8 Å². The molecule has 8 heteroatoms. The number of nitrogens with one attached hydrogen (secondary N) is 2. The third-order valence-corrected chi connectivity index (χ3v) is 4.11. The van der Waals surface area contributed by atoms with Crippen LogP contribution >= 0.6 is 0 Å². The molecule has 2 heterocycles. The van der Waals surface area contributed by atoms with Crippen LogP contribution in [0.4, 0.5) is 11.4 Å². The first-order chi connectivity index (χ1) is 13.0. The Hall–Kier alpha value is -3.68. The number of methoxy groups -OCH3 is 1. The summed E-state index contributed by atoms with van der Waals surface area (Å²) >= 11 is 0. The van der Waals surface area contributed by atoms with E-state index in [2.05, 4.69) is 20.7 Å². The molecule has 0 bridgehead atoms. The lowest BCUT2D eigenvalue weighted by Crippen LogP contribution is -2.17. The number of pyridine rings is 1. The Morgan fingerprint density at radius 3 is 2.48 bits per heavy atom. The summed E-state index contributed by atoms with van der Waals surface area (Å²) in [5.74, 6) is -0.595. The Balaban J connectivity index is 1.88. The van der Waals surface area contributed by atoms with Crippen LogP contribution in [0.15, 0.2) is 48.9 Å². The molecule has 3 rings (SSSR count). The smallest absolute Gasteiger partial charge is 0.340 e. The lowest BCUT2D eigenvalue weighted by atomic mass is 10.2. The normalized spacial score (nSPS) is 10.3. The highest BCUT2D eigenvalue weighted by molar-refractivity contribution is 5.96. The van der Waals surface area contributed by atoms with Crippen LogP contribution in [-0.2, 0) is 4.74 Å². The van der Waals surface area contributed by atoms with Crippen LogP contribution in [-0.4, -0.2) is 40.8 Å². The van der Waals surface area contributed by atoms with Gasteiger partial charge in [0.05, 0.1) is 47.8 Å². The molecule has 0 spiro atoms. The molecule has 0 aliphatic heterocycles. The minimum atomic E-state index is -0.449. The molecule has 0 aliphatic rings. The molecule has 0 atom stereocenters. The summed E-state index contributed by atoms with van der Waals surface area (Å²) in [5.41, 5.74) is 3.86. The van der Waals surface area contributed by atoms with Gasteiger partial charge in [0.15, 0.2) is 0 Å². The SMILES string of the molecule is CNC(=O)c1ccc(-n2ncc(Nc3cnccc3C(=O)OC)c2C)cc1. The van der Waals surface area contributed by atoms with E-state index in [4.69, 9.17) is 4.74 Å². The molecule has 27 heavy (non-hydrogen) atoms. The van der Waals surface area contributed by atoms with Crippen molar-refractivity contribution < 1.29 is 14.3 Å². The van der Waals surface area contributed by atoms with Gasteiger partial charge in [0.25, 0.3) is 5.91 Å². The van der Waals surface area contributed by atoms with Crippen molar-refractivity contribution in [2.75, 3.05) is 19.5 Å². The maximum Gasteiger partial charge on any atom is 0.340 e. The monoisotopic (exact) mass is 365 g/mol. The second kappa shape index (κ2) is 7.69. The quantitative estimate of drug-likeness (QED) is 0.674. The highest BCUT2D eigenvalue weighted by atomic mass is 16.5. The van der Waals surface area contributed by atoms with Gasteiger partial charge in [0.1, 0.15) is 0 Å². The van der Waals surface area contributed by atoms with E-state index in [0.717, 1.165) is 17.1 Å². The van der Waals surface area contributed by atoms with Gasteiger partial charge in [0.2, 0.25) is 0 Å². The summed E-state index contributed by atoms with van der Waals surface area (Å²) < 4.78 is 6.54. The van der Waals surface area contributed by atoms with Gasteiger partial charge in [0, 0.05) is 18.8 Å². The Bertz CT molecular complexity index is 979.